The van der Waals surface area contributed by atoms with E-state index in [1.54, 1.807) is 0 Å². The van der Waals surface area contributed by atoms with Crippen molar-refractivity contribution in [2.24, 2.45) is 11.8 Å². The second-order valence-electron chi connectivity index (χ2n) is 6.01. The summed E-state index contributed by atoms with van der Waals surface area (Å²) in [4.78, 5) is 11.5. The Morgan fingerprint density at radius 2 is 2.12 bits per heavy atom. The molecule has 0 aliphatic carbocycles. The van der Waals surface area contributed by atoms with Crippen molar-refractivity contribution in [3.63, 3.8) is 0 Å². The molecule has 2 atom stereocenters. The van der Waals surface area contributed by atoms with Gasteiger partial charge in [0, 0.05) is 19.1 Å². The molecular weight excluding hydrogens is 218 g/mol. The summed E-state index contributed by atoms with van der Waals surface area (Å²) in [5, 5.41) is 2.82. The molecule has 17 heavy (non-hydrogen) atoms. The normalized spacial score (nSPS) is 25.1. The maximum absolute atomic E-state index is 11.5. The number of carbonyl (C=O) groups excluding carboxylic acids is 1. The molecule has 0 aromatic rings. The molecule has 0 saturated carbocycles. The van der Waals surface area contributed by atoms with E-state index in [1.807, 2.05) is 20.8 Å². The first-order valence-corrected chi connectivity index (χ1v) is 6.38. The second-order valence-corrected chi connectivity index (χ2v) is 6.01. The molecule has 1 heterocycles. The van der Waals surface area contributed by atoms with Gasteiger partial charge >= 0.3 is 6.09 Å². The fourth-order valence-electron chi connectivity index (χ4n) is 2.14. The SMILES string of the molecule is CC(C)[C@H]1OCC[C@H]1CNC(=O)OC(C)(C)C. The van der Waals surface area contributed by atoms with E-state index in [2.05, 4.69) is 19.2 Å². The smallest absolute Gasteiger partial charge is 0.407 e. The quantitative estimate of drug-likeness (QED) is 0.828. The van der Waals surface area contributed by atoms with Gasteiger partial charge in [-0.2, -0.15) is 0 Å². The molecule has 1 aliphatic rings. The lowest BCUT2D eigenvalue weighted by Crippen LogP contribution is -2.38. The molecule has 0 radical (unpaired) electrons. The maximum atomic E-state index is 11.5. The van der Waals surface area contributed by atoms with Crippen molar-refractivity contribution >= 4 is 6.09 Å². The van der Waals surface area contributed by atoms with Crippen molar-refractivity contribution in [1.82, 2.24) is 5.32 Å². The zero-order valence-electron chi connectivity index (χ0n) is 11.6. The van der Waals surface area contributed by atoms with Crippen LogP contribution in [0.15, 0.2) is 0 Å². The maximum Gasteiger partial charge on any atom is 0.407 e. The Labute approximate surface area is 104 Å². The summed E-state index contributed by atoms with van der Waals surface area (Å²) in [6, 6.07) is 0. The number of carbonyl (C=O) groups is 1. The van der Waals surface area contributed by atoms with Crippen molar-refractivity contribution in [2.45, 2.75) is 52.7 Å². The average molecular weight is 243 g/mol. The highest BCUT2D eigenvalue weighted by Gasteiger charge is 2.31. The van der Waals surface area contributed by atoms with E-state index in [0.29, 0.717) is 18.4 Å². The van der Waals surface area contributed by atoms with Gasteiger partial charge in [0.15, 0.2) is 0 Å². The summed E-state index contributed by atoms with van der Waals surface area (Å²) in [6.45, 7) is 11.3. The molecule has 1 rings (SSSR count). The number of alkyl carbamates (subject to hydrolysis) is 1. The minimum absolute atomic E-state index is 0.255. The lowest BCUT2D eigenvalue weighted by Gasteiger charge is -2.24. The number of rotatable bonds is 3. The Morgan fingerprint density at radius 1 is 1.47 bits per heavy atom. The van der Waals surface area contributed by atoms with Crippen molar-refractivity contribution in [1.29, 1.82) is 0 Å². The van der Waals surface area contributed by atoms with Gasteiger partial charge in [-0.3, -0.25) is 0 Å². The van der Waals surface area contributed by atoms with E-state index < -0.39 is 5.60 Å². The van der Waals surface area contributed by atoms with Crippen molar-refractivity contribution in [2.75, 3.05) is 13.2 Å². The molecule has 1 aliphatic heterocycles. The zero-order chi connectivity index (χ0) is 13.1. The van der Waals surface area contributed by atoms with Gasteiger partial charge in [0.1, 0.15) is 5.60 Å². The molecule has 0 spiro atoms. The van der Waals surface area contributed by atoms with Crippen molar-refractivity contribution < 1.29 is 14.3 Å². The van der Waals surface area contributed by atoms with Gasteiger partial charge in [-0.25, -0.2) is 4.79 Å². The van der Waals surface area contributed by atoms with E-state index in [0.717, 1.165) is 13.0 Å². The Kier molecular flexibility index (Phi) is 4.80. The third-order valence-electron chi connectivity index (χ3n) is 2.83. The summed E-state index contributed by atoms with van der Waals surface area (Å²) < 4.78 is 10.9. The topological polar surface area (TPSA) is 47.6 Å². The number of nitrogens with one attached hydrogen (secondary N) is 1. The Hall–Kier alpha value is -0.770. The fraction of sp³-hybridized carbons (Fsp3) is 0.923. The number of hydrogen-bond donors (Lipinski definition) is 1. The Balaban J connectivity index is 2.33. The standard InChI is InChI=1S/C13H25NO3/c1-9(2)11-10(6-7-16-11)8-14-12(15)17-13(3,4)5/h9-11H,6-8H2,1-5H3,(H,14,15)/t10-,11+/m0/s1. The minimum Gasteiger partial charge on any atom is -0.444 e. The molecule has 1 fully saturated rings. The molecule has 0 bridgehead atoms. The first-order valence-electron chi connectivity index (χ1n) is 6.38. The highest BCUT2D eigenvalue weighted by molar-refractivity contribution is 5.67. The molecular formula is C13H25NO3. The van der Waals surface area contributed by atoms with Crippen LogP contribution < -0.4 is 5.32 Å². The lowest BCUT2D eigenvalue weighted by atomic mass is 9.93. The van der Waals surface area contributed by atoms with E-state index in [9.17, 15) is 4.79 Å². The minimum atomic E-state index is -0.437. The van der Waals surface area contributed by atoms with Crippen LogP contribution >= 0.6 is 0 Å². The monoisotopic (exact) mass is 243 g/mol. The molecule has 4 heteroatoms. The van der Waals surface area contributed by atoms with Crippen LogP contribution in [0.5, 0.6) is 0 Å². The number of amides is 1. The van der Waals surface area contributed by atoms with E-state index in [1.165, 1.54) is 0 Å². The summed E-state index contributed by atoms with van der Waals surface area (Å²) in [5.74, 6) is 0.894. The first kappa shape index (κ1) is 14.3. The Bertz CT molecular complexity index is 258. The van der Waals surface area contributed by atoms with Crippen LogP contribution in [0.3, 0.4) is 0 Å². The summed E-state index contributed by atoms with van der Waals surface area (Å²) in [6.07, 6.45) is 0.926. The van der Waals surface area contributed by atoms with Gasteiger partial charge in [-0.05, 0) is 33.1 Å². The van der Waals surface area contributed by atoms with E-state index in [-0.39, 0.29) is 12.2 Å². The lowest BCUT2D eigenvalue weighted by molar-refractivity contribution is 0.0429. The summed E-state index contributed by atoms with van der Waals surface area (Å²) >= 11 is 0. The first-order chi connectivity index (χ1) is 7.79. The van der Waals surface area contributed by atoms with Crippen LogP contribution in [0.2, 0.25) is 0 Å². The highest BCUT2D eigenvalue weighted by Crippen LogP contribution is 2.26. The van der Waals surface area contributed by atoms with Crippen molar-refractivity contribution in [3.05, 3.63) is 0 Å². The van der Waals surface area contributed by atoms with Crippen LogP contribution in [-0.2, 0) is 9.47 Å². The second kappa shape index (κ2) is 5.71. The molecule has 0 unspecified atom stereocenters. The van der Waals surface area contributed by atoms with Gasteiger partial charge in [0.05, 0.1) is 6.10 Å². The molecule has 0 aromatic heterocycles. The predicted molar refractivity (Wildman–Crippen MR) is 66.9 cm³/mol. The number of ether oxygens (including phenoxy) is 2. The molecule has 0 aromatic carbocycles. The highest BCUT2D eigenvalue weighted by atomic mass is 16.6. The largest absolute Gasteiger partial charge is 0.444 e. The summed E-state index contributed by atoms with van der Waals surface area (Å²) in [7, 11) is 0. The molecule has 1 saturated heterocycles. The average Bonchev–Trinajstić information content (AvgIpc) is 2.59. The zero-order valence-corrected chi connectivity index (χ0v) is 11.6. The molecule has 100 valence electrons. The number of hydrogen-bond acceptors (Lipinski definition) is 3. The predicted octanol–water partition coefficient (Wildman–Crippen LogP) is 2.57. The van der Waals surface area contributed by atoms with Gasteiger partial charge in [0.2, 0.25) is 0 Å². The van der Waals surface area contributed by atoms with Gasteiger partial charge < -0.3 is 14.8 Å². The third kappa shape index (κ3) is 4.94. The fourth-order valence-corrected chi connectivity index (χ4v) is 2.14. The molecule has 1 N–H and O–H groups in total. The van der Waals surface area contributed by atoms with Crippen LogP contribution in [0.1, 0.15) is 41.0 Å². The third-order valence-corrected chi connectivity index (χ3v) is 2.83. The van der Waals surface area contributed by atoms with Crippen LogP contribution in [0, 0.1) is 11.8 Å². The molecule has 4 nitrogen and oxygen atoms in total. The Morgan fingerprint density at radius 3 is 2.65 bits per heavy atom. The van der Waals surface area contributed by atoms with Gasteiger partial charge in [-0.15, -0.1) is 0 Å². The van der Waals surface area contributed by atoms with Crippen LogP contribution in [0.4, 0.5) is 4.79 Å². The van der Waals surface area contributed by atoms with Crippen molar-refractivity contribution in [3.8, 4) is 0 Å². The van der Waals surface area contributed by atoms with Crippen LogP contribution in [0.25, 0.3) is 0 Å². The van der Waals surface area contributed by atoms with E-state index in [4.69, 9.17) is 9.47 Å². The summed E-state index contributed by atoms with van der Waals surface area (Å²) in [5.41, 5.74) is -0.437. The van der Waals surface area contributed by atoms with Crippen LogP contribution in [-0.4, -0.2) is 30.9 Å². The molecule has 1 amide bonds. The van der Waals surface area contributed by atoms with E-state index >= 15 is 0 Å². The van der Waals surface area contributed by atoms with Gasteiger partial charge in [0.25, 0.3) is 0 Å². The van der Waals surface area contributed by atoms with Gasteiger partial charge in [-0.1, -0.05) is 13.8 Å².